The normalized spacial score (nSPS) is 10.8. The van der Waals surface area contributed by atoms with Crippen LogP contribution in [0.3, 0.4) is 0 Å². The summed E-state index contributed by atoms with van der Waals surface area (Å²) in [6.07, 6.45) is 1.94. The Morgan fingerprint density at radius 3 is 2.44 bits per heavy atom. The van der Waals surface area contributed by atoms with E-state index < -0.39 is 0 Å². The minimum Gasteiger partial charge on any atom is -0.357 e. The second-order valence-corrected chi connectivity index (χ2v) is 7.58. The molecule has 32 heavy (non-hydrogen) atoms. The third kappa shape index (κ3) is 4.88. The number of nitrogens with one attached hydrogen (secondary N) is 2. The molecule has 7 heteroatoms. The summed E-state index contributed by atoms with van der Waals surface area (Å²) in [4.78, 5) is 23.7. The van der Waals surface area contributed by atoms with Crippen molar-refractivity contribution in [2.75, 3.05) is 28.6 Å². The topological polar surface area (TPSA) is 75.1 Å². The predicted molar refractivity (Wildman–Crippen MR) is 131 cm³/mol. The van der Waals surface area contributed by atoms with E-state index in [0.29, 0.717) is 0 Å². The lowest BCUT2D eigenvalue weighted by molar-refractivity contribution is -0.116. The van der Waals surface area contributed by atoms with E-state index >= 15 is 0 Å². The summed E-state index contributed by atoms with van der Waals surface area (Å²) in [5, 5.41) is 7.42. The van der Waals surface area contributed by atoms with Crippen LogP contribution in [0.25, 0.3) is 10.9 Å². The number of carbonyl (C=O) groups excluding carboxylic acids is 1. The van der Waals surface area contributed by atoms with Crippen molar-refractivity contribution in [2.24, 2.45) is 0 Å². The Morgan fingerprint density at radius 2 is 1.69 bits per heavy atom. The maximum absolute atomic E-state index is 12.5. The lowest BCUT2D eigenvalue weighted by Gasteiger charge is -2.20. The van der Waals surface area contributed by atoms with Gasteiger partial charge in [0, 0.05) is 42.2 Å². The highest BCUT2D eigenvalue weighted by Gasteiger charge is 2.09. The summed E-state index contributed by atoms with van der Waals surface area (Å²) in [6, 6.07) is 19.6. The van der Waals surface area contributed by atoms with Crippen LogP contribution in [0.15, 0.2) is 66.9 Å². The van der Waals surface area contributed by atoms with Gasteiger partial charge < -0.3 is 20.1 Å². The van der Waals surface area contributed by atoms with Gasteiger partial charge in [0.25, 0.3) is 0 Å². The highest BCUT2D eigenvalue weighted by molar-refractivity contribution is 5.92. The number of aromatic nitrogens is 3. The number of anilines is 4. The number of hydrogen-bond acceptors (Lipinski definition) is 5. The molecule has 1 amide bonds. The van der Waals surface area contributed by atoms with Crippen LogP contribution in [0.2, 0.25) is 0 Å². The fourth-order valence-corrected chi connectivity index (χ4v) is 3.74. The van der Waals surface area contributed by atoms with Gasteiger partial charge in [-0.15, -0.1) is 0 Å². The van der Waals surface area contributed by atoms with E-state index in [2.05, 4.69) is 39.3 Å². The number of fused-ring (bicyclic) bond motifs is 1. The Balaban J connectivity index is 1.40. The van der Waals surface area contributed by atoms with E-state index in [9.17, 15) is 4.79 Å². The van der Waals surface area contributed by atoms with E-state index in [1.165, 1.54) is 0 Å². The second-order valence-electron chi connectivity index (χ2n) is 7.58. The number of aryl methyl sites for hydroxylation is 1. The fourth-order valence-electron chi connectivity index (χ4n) is 3.74. The van der Waals surface area contributed by atoms with E-state index in [-0.39, 0.29) is 12.5 Å². The van der Waals surface area contributed by atoms with Crippen molar-refractivity contribution < 1.29 is 4.79 Å². The average molecular weight is 429 g/mol. The summed E-state index contributed by atoms with van der Waals surface area (Å²) in [6.45, 7) is 8.16. The molecule has 0 spiro atoms. The molecule has 2 aromatic carbocycles. The average Bonchev–Trinajstić information content (AvgIpc) is 3.18. The third-order valence-corrected chi connectivity index (χ3v) is 5.35. The maximum atomic E-state index is 12.5. The smallest absolute Gasteiger partial charge is 0.244 e. The van der Waals surface area contributed by atoms with Gasteiger partial charge in [0.1, 0.15) is 24.0 Å². The number of amides is 1. The molecule has 0 saturated carbocycles. The molecule has 7 nitrogen and oxygen atoms in total. The van der Waals surface area contributed by atoms with Gasteiger partial charge in [-0.3, -0.25) is 4.79 Å². The highest BCUT2D eigenvalue weighted by Crippen LogP contribution is 2.21. The first kappa shape index (κ1) is 21.4. The first-order valence-corrected chi connectivity index (χ1v) is 10.9. The van der Waals surface area contributed by atoms with Gasteiger partial charge in [-0.1, -0.05) is 18.2 Å². The van der Waals surface area contributed by atoms with E-state index in [1.807, 2.05) is 78.4 Å². The van der Waals surface area contributed by atoms with E-state index in [0.717, 1.165) is 52.8 Å². The van der Waals surface area contributed by atoms with Gasteiger partial charge in [0.2, 0.25) is 5.91 Å². The molecule has 0 aliphatic rings. The quantitative estimate of drug-likeness (QED) is 0.415. The molecule has 0 bridgehead atoms. The summed E-state index contributed by atoms with van der Waals surface area (Å²) in [5.41, 5.74) is 2.69. The zero-order valence-corrected chi connectivity index (χ0v) is 18.7. The van der Waals surface area contributed by atoms with Crippen LogP contribution in [0.1, 0.15) is 19.7 Å². The number of hydrogen-bond donors (Lipinski definition) is 2. The molecular weight excluding hydrogens is 400 g/mol. The van der Waals surface area contributed by atoms with Gasteiger partial charge in [-0.2, -0.15) is 0 Å². The molecule has 0 aliphatic carbocycles. The lowest BCUT2D eigenvalue weighted by Crippen LogP contribution is -2.23. The van der Waals surface area contributed by atoms with Gasteiger partial charge in [-0.05, 0) is 62.6 Å². The number of para-hydroxylation sites is 1. The molecule has 0 unspecified atom stereocenters. The Labute approximate surface area is 188 Å². The summed E-state index contributed by atoms with van der Waals surface area (Å²) in [5.74, 6) is 2.31. The molecule has 0 atom stereocenters. The Kier molecular flexibility index (Phi) is 6.35. The number of benzene rings is 2. The zero-order chi connectivity index (χ0) is 22.5. The van der Waals surface area contributed by atoms with Crippen molar-refractivity contribution in [2.45, 2.75) is 27.3 Å². The van der Waals surface area contributed by atoms with Crippen LogP contribution in [0.5, 0.6) is 0 Å². The first-order valence-electron chi connectivity index (χ1n) is 10.9. The number of nitrogens with zero attached hydrogens (tertiary/aromatic N) is 4. The largest absolute Gasteiger partial charge is 0.357 e. The molecule has 0 aliphatic heterocycles. The number of rotatable bonds is 8. The van der Waals surface area contributed by atoms with Gasteiger partial charge in [-0.25, -0.2) is 9.97 Å². The van der Waals surface area contributed by atoms with Crippen LogP contribution >= 0.6 is 0 Å². The van der Waals surface area contributed by atoms with Crippen LogP contribution in [-0.2, 0) is 11.3 Å². The first-order chi connectivity index (χ1) is 15.6. The van der Waals surface area contributed by atoms with Crippen molar-refractivity contribution in [1.29, 1.82) is 0 Å². The Bertz CT molecular complexity index is 1210. The predicted octanol–water partition coefficient (Wildman–Crippen LogP) is 4.97. The van der Waals surface area contributed by atoms with Crippen molar-refractivity contribution in [1.82, 2.24) is 14.5 Å². The van der Waals surface area contributed by atoms with Crippen molar-refractivity contribution in [3.63, 3.8) is 0 Å². The van der Waals surface area contributed by atoms with Crippen LogP contribution in [0.4, 0.5) is 23.0 Å². The molecule has 4 rings (SSSR count). The summed E-state index contributed by atoms with van der Waals surface area (Å²) >= 11 is 0. The SMILES string of the molecule is CCN(CC)c1cc(Nc2ccc(NC(=O)Cn3ccc4ccccc43)cc2)nc(C)n1. The van der Waals surface area contributed by atoms with Crippen LogP contribution < -0.4 is 15.5 Å². The van der Waals surface area contributed by atoms with Crippen molar-refractivity contribution in [3.8, 4) is 0 Å². The van der Waals surface area contributed by atoms with E-state index in [1.54, 1.807) is 0 Å². The molecule has 2 aromatic heterocycles. The van der Waals surface area contributed by atoms with Gasteiger partial charge >= 0.3 is 0 Å². The van der Waals surface area contributed by atoms with Gasteiger partial charge in [0.05, 0.1) is 0 Å². The van der Waals surface area contributed by atoms with E-state index in [4.69, 9.17) is 0 Å². The fraction of sp³-hybridized carbons (Fsp3) is 0.240. The molecule has 164 valence electrons. The minimum atomic E-state index is -0.0673. The molecule has 2 heterocycles. The molecular formula is C25H28N6O. The Hall–Kier alpha value is -3.87. The van der Waals surface area contributed by atoms with Crippen molar-refractivity contribution in [3.05, 3.63) is 72.7 Å². The third-order valence-electron chi connectivity index (χ3n) is 5.35. The molecule has 0 saturated heterocycles. The molecule has 0 fully saturated rings. The summed E-state index contributed by atoms with van der Waals surface area (Å²) in [7, 11) is 0. The number of carbonyl (C=O) groups is 1. The zero-order valence-electron chi connectivity index (χ0n) is 18.7. The highest BCUT2D eigenvalue weighted by atomic mass is 16.1. The molecule has 4 aromatic rings. The van der Waals surface area contributed by atoms with Crippen LogP contribution in [-0.4, -0.2) is 33.5 Å². The molecule has 0 radical (unpaired) electrons. The van der Waals surface area contributed by atoms with Crippen LogP contribution in [0, 0.1) is 6.92 Å². The van der Waals surface area contributed by atoms with Gasteiger partial charge in [0.15, 0.2) is 0 Å². The standard InChI is InChI=1S/C25H28N6O/c1-4-30(5-2)24-16-23(26-18(3)27-24)28-20-10-12-21(13-11-20)29-25(32)17-31-15-14-19-8-6-7-9-22(19)31/h6-16H,4-5,17H2,1-3H3,(H,29,32)(H,26,27,28). The monoisotopic (exact) mass is 428 g/mol. The molecule has 2 N–H and O–H groups in total. The minimum absolute atomic E-state index is 0.0673. The van der Waals surface area contributed by atoms with Crippen molar-refractivity contribution >= 4 is 39.8 Å². The summed E-state index contributed by atoms with van der Waals surface area (Å²) < 4.78 is 1.95. The lowest BCUT2D eigenvalue weighted by atomic mass is 10.2. The second kappa shape index (κ2) is 9.51. The maximum Gasteiger partial charge on any atom is 0.244 e. The Morgan fingerprint density at radius 1 is 0.969 bits per heavy atom.